The molecule has 0 atom stereocenters. The second kappa shape index (κ2) is 6.99. The van der Waals surface area contributed by atoms with Crippen molar-refractivity contribution in [2.75, 3.05) is 5.32 Å². The minimum atomic E-state index is -4.55. The largest absolute Gasteiger partial charge is 0.416 e. The van der Waals surface area contributed by atoms with Crippen LogP contribution in [0.4, 0.5) is 23.2 Å². The number of benzene rings is 2. The van der Waals surface area contributed by atoms with Crippen molar-refractivity contribution in [3.05, 3.63) is 77.9 Å². The minimum Gasteiger partial charge on any atom is -0.324 e. The van der Waals surface area contributed by atoms with Crippen LogP contribution in [0.1, 0.15) is 11.1 Å². The van der Waals surface area contributed by atoms with Gasteiger partial charge in [0.25, 0.3) is 0 Å². The predicted molar refractivity (Wildman–Crippen MR) is 87.3 cm³/mol. The monoisotopic (exact) mass is 363 g/mol. The molecule has 4 nitrogen and oxygen atoms in total. The molecule has 0 saturated carbocycles. The lowest BCUT2D eigenvalue weighted by atomic mass is 10.1. The summed E-state index contributed by atoms with van der Waals surface area (Å²) >= 11 is 0. The quantitative estimate of drug-likeness (QED) is 0.706. The first-order valence-corrected chi connectivity index (χ1v) is 7.58. The van der Waals surface area contributed by atoms with Crippen molar-refractivity contribution in [2.24, 2.45) is 0 Å². The van der Waals surface area contributed by atoms with Crippen molar-refractivity contribution in [1.82, 2.24) is 9.78 Å². The Labute approximate surface area is 146 Å². The summed E-state index contributed by atoms with van der Waals surface area (Å²) < 4.78 is 53.5. The summed E-state index contributed by atoms with van der Waals surface area (Å²) in [6.07, 6.45) is -1.71. The fourth-order valence-corrected chi connectivity index (χ4v) is 2.45. The Morgan fingerprint density at radius 3 is 2.58 bits per heavy atom. The molecule has 8 heteroatoms. The molecular weight excluding hydrogens is 350 g/mol. The highest BCUT2D eigenvalue weighted by Gasteiger charge is 2.31. The third-order valence-corrected chi connectivity index (χ3v) is 3.60. The highest BCUT2D eigenvalue weighted by Crippen LogP contribution is 2.33. The van der Waals surface area contributed by atoms with E-state index < -0.39 is 23.5 Å². The maximum absolute atomic E-state index is 13.2. The average Bonchev–Trinajstić information content (AvgIpc) is 3.08. The molecule has 26 heavy (non-hydrogen) atoms. The molecule has 0 aliphatic heterocycles. The van der Waals surface area contributed by atoms with Crippen LogP contribution in [0.3, 0.4) is 0 Å². The SMILES string of the molecule is O=C(Cc1cccc(F)c1)Nc1cc(C(F)(F)F)ccc1-n1cccn1. The van der Waals surface area contributed by atoms with Crippen LogP contribution < -0.4 is 5.32 Å². The fraction of sp³-hybridized carbons (Fsp3) is 0.111. The number of halogens is 4. The molecule has 1 amide bonds. The molecule has 0 saturated heterocycles. The number of anilines is 1. The summed E-state index contributed by atoms with van der Waals surface area (Å²) in [5.74, 6) is -1.06. The first-order chi connectivity index (χ1) is 12.3. The van der Waals surface area contributed by atoms with Gasteiger partial charge in [-0.15, -0.1) is 0 Å². The van der Waals surface area contributed by atoms with Crippen LogP contribution in [-0.2, 0) is 17.4 Å². The summed E-state index contributed by atoms with van der Waals surface area (Å²) in [5, 5.41) is 6.43. The summed E-state index contributed by atoms with van der Waals surface area (Å²) in [6, 6.07) is 10.0. The number of hydrogen-bond acceptors (Lipinski definition) is 2. The van der Waals surface area contributed by atoms with Crippen molar-refractivity contribution in [3.8, 4) is 5.69 Å². The first kappa shape index (κ1) is 17.7. The van der Waals surface area contributed by atoms with Gasteiger partial charge in [0.15, 0.2) is 0 Å². The molecular formula is C18H13F4N3O. The second-order valence-electron chi connectivity index (χ2n) is 5.54. The van der Waals surface area contributed by atoms with Crippen LogP contribution >= 0.6 is 0 Å². The van der Waals surface area contributed by atoms with Gasteiger partial charge in [-0.05, 0) is 42.0 Å². The lowest BCUT2D eigenvalue weighted by Crippen LogP contribution is -2.17. The van der Waals surface area contributed by atoms with Gasteiger partial charge in [0.05, 0.1) is 23.4 Å². The van der Waals surface area contributed by atoms with Crippen LogP contribution in [0.5, 0.6) is 0 Å². The highest BCUT2D eigenvalue weighted by molar-refractivity contribution is 5.94. The van der Waals surface area contributed by atoms with Gasteiger partial charge in [-0.1, -0.05) is 12.1 Å². The number of nitrogens with one attached hydrogen (secondary N) is 1. The van der Waals surface area contributed by atoms with Crippen LogP contribution in [0.15, 0.2) is 60.9 Å². The Morgan fingerprint density at radius 1 is 1.12 bits per heavy atom. The molecule has 3 rings (SSSR count). The van der Waals surface area contributed by atoms with E-state index in [1.54, 1.807) is 18.3 Å². The molecule has 0 fully saturated rings. The Kier molecular flexibility index (Phi) is 4.75. The molecule has 0 unspecified atom stereocenters. The molecule has 1 N–H and O–H groups in total. The van der Waals surface area contributed by atoms with Gasteiger partial charge < -0.3 is 5.32 Å². The normalized spacial score (nSPS) is 11.4. The molecule has 0 bridgehead atoms. The molecule has 1 heterocycles. The van der Waals surface area contributed by atoms with Crippen LogP contribution in [0.25, 0.3) is 5.69 Å². The number of rotatable bonds is 4. The number of aromatic nitrogens is 2. The number of alkyl halides is 3. The van der Waals surface area contributed by atoms with E-state index in [-0.39, 0.29) is 17.8 Å². The average molecular weight is 363 g/mol. The van der Waals surface area contributed by atoms with E-state index in [1.807, 2.05) is 0 Å². The number of carbonyl (C=O) groups excluding carboxylic acids is 1. The number of hydrogen-bond donors (Lipinski definition) is 1. The van der Waals surface area contributed by atoms with Crippen LogP contribution in [-0.4, -0.2) is 15.7 Å². The van der Waals surface area contributed by atoms with Gasteiger partial charge in [-0.2, -0.15) is 18.3 Å². The molecule has 0 spiro atoms. The fourth-order valence-electron chi connectivity index (χ4n) is 2.45. The zero-order valence-corrected chi connectivity index (χ0v) is 13.3. The summed E-state index contributed by atoms with van der Waals surface area (Å²) in [7, 11) is 0. The maximum Gasteiger partial charge on any atom is 0.416 e. The molecule has 134 valence electrons. The summed E-state index contributed by atoms with van der Waals surface area (Å²) in [4.78, 5) is 12.2. The highest BCUT2D eigenvalue weighted by atomic mass is 19.4. The van der Waals surface area contributed by atoms with Crippen molar-refractivity contribution < 1.29 is 22.4 Å². The number of amides is 1. The molecule has 3 aromatic rings. The van der Waals surface area contributed by atoms with Crippen molar-refractivity contribution >= 4 is 11.6 Å². The summed E-state index contributed by atoms with van der Waals surface area (Å²) in [6.45, 7) is 0. The molecule has 1 aromatic heterocycles. The van der Waals surface area contributed by atoms with Gasteiger partial charge in [-0.25, -0.2) is 9.07 Å². The van der Waals surface area contributed by atoms with Crippen molar-refractivity contribution in [3.63, 3.8) is 0 Å². The van der Waals surface area contributed by atoms with E-state index in [1.165, 1.54) is 35.1 Å². The first-order valence-electron chi connectivity index (χ1n) is 7.58. The van der Waals surface area contributed by atoms with Crippen molar-refractivity contribution in [1.29, 1.82) is 0 Å². The summed E-state index contributed by atoms with van der Waals surface area (Å²) in [5.41, 5.74) is -0.231. The Balaban J connectivity index is 1.90. The van der Waals surface area contributed by atoms with Gasteiger partial charge in [0, 0.05) is 12.4 Å². The van der Waals surface area contributed by atoms with Crippen molar-refractivity contribution in [2.45, 2.75) is 12.6 Å². The topological polar surface area (TPSA) is 46.9 Å². The van der Waals surface area contributed by atoms with E-state index in [0.29, 0.717) is 5.56 Å². The zero-order chi connectivity index (χ0) is 18.7. The minimum absolute atomic E-state index is 0.0371. The van der Waals surface area contributed by atoms with Gasteiger partial charge in [-0.3, -0.25) is 4.79 Å². The second-order valence-corrected chi connectivity index (χ2v) is 5.54. The lowest BCUT2D eigenvalue weighted by Gasteiger charge is -2.14. The van der Waals surface area contributed by atoms with Crippen LogP contribution in [0.2, 0.25) is 0 Å². The Morgan fingerprint density at radius 2 is 1.92 bits per heavy atom. The van der Waals surface area contributed by atoms with Crippen LogP contribution in [0, 0.1) is 5.82 Å². The third-order valence-electron chi connectivity index (χ3n) is 3.60. The smallest absolute Gasteiger partial charge is 0.324 e. The molecule has 2 aromatic carbocycles. The zero-order valence-electron chi connectivity index (χ0n) is 13.3. The molecule has 0 aliphatic rings. The Hall–Kier alpha value is -3.16. The van der Waals surface area contributed by atoms with E-state index in [9.17, 15) is 22.4 Å². The van der Waals surface area contributed by atoms with E-state index >= 15 is 0 Å². The lowest BCUT2D eigenvalue weighted by molar-refractivity contribution is -0.137. The van der Waals surface area contributed by atoms with E-state index in [4.69, 9.17) is 0 Å². The standard InChI is InChI=1S/C18H13F4N3O/c19-14-4-1-3-12(9-14)10-17(26)24-15-11-13(18(20,21)22)5-6-16(15)25-8-2-7-23-25/h1-9,11H,10H2,(H,24,26). The van der Waals surface area contributed by atoms with E-state index in [0.717, 1.165) is 12.1 Å². The Bertz CT molecular complexity index is 920. The van der Waals surface area contributed by atoms with Gasteiger partial charge in [0.2, 0.25) is 5.91 Å². The van der Waals surface area contributed by atoms with Gasteiger partial charge in [0.1, 0.15) is 5.82 Å². The number of nitrogens with zero attached hydrogens (tertiary/aromatic N) is 2. The number of carbonyl (C=O) groups is 1. The van der Waals surface area contributed by atoms with Gasteiger partial charge >= 0.3 is 6.18 Å². The predicted octanol–water partition coefficient (Wildman–Crippen LogP) is 4.21. The van der Waals surface area contributed by atoms with E-state index in [2.05, 4.69) is 10.4 Å². The maximum atomic E-state index is 13.2. The molecule has 0 aliphatic carbocycles. The molecule has 0 radical (unpaired) electrons. The third kappa shape index (κ3) is 4.08.